The highest BCUT2D eigenvalue weighted by molar-refractivity contribution is 9.10. The van der Waals surface area contributed by atoms with Gasteiger partial charge in [-0.3, -0.25) is 0 Å². The number of nitrogens with two attached hydrogens (primary N) is 1. The molecule has 92 valence electrons. The third-order valence-corrected chi connectivity index (χ3v) is 4.24. The lowest BCUT2D eigenvalue weighted by molar-refractivity contribution is 0.382. The SMILES string of the molecule is NC(=NCc1cccc(Br)c1Cl)NC1CCC1. The minimum atomic E-state index is 0.504. The van der Waals surface area contributed by atoms with E-state index < -0.39 is 0 Å². The van der Waals surface area contributed by atoms with Crippen LogP contribution in [-0.2, 0) is 6.54 Å². The van der Waals surface area contributed by atoms with Crippen LogP contribution in [0.2, 0.25) is 5.02 Å². The first-order valence-electron chi connectivity index (χ1n) is 5.66. The van der Waals surface area contributed by atoms with Gasteiger partial charge < -0.3 is 11.1 Å². The zero-order chi connectivity index (χ0) is 12.3. The Bertz CT molecular complexity index is 430. The van der Waals surface area contributed by atoms with Gasteiger partial charge in [-0.15, -0.1) is 0 Å². The average molecular weight is 317 g/mol. The molecule has 0 saturated heterocycles. The molecule has 1 aliphatic rings. The normalized spacial score (nSPS) is 16.7. The van der Waals surface area contributed by atoms with Gasteiger partial charge in [0.2, 0.25) is 0 Å². The van der Waals surface area contributed by atoms with Crippen molar-refractivity contribution in [2.75, 3.05) is 0 Å². The minimum absolute atomic E-state index is 0.504. The number of benzene rings is 1. The maximum absolute atomic E-state index is 6.14. The molecule has 0 bridgehead atoms. The molecule has 0 unspecified atom stereocenters. The molecule has 0 radical (unpaired) electrons. The Morgan fingerprint density at radius 2 is 2.29 bits per heavy atom. The lowest BCUT2D eigenvalue weighted by Crippen LogP contribution is -2.43. The third kappa shape index (κ3) is 3.36. The molecule has 1 aromatic rings. The quantitative estimate of drug-likeness (QED) is 0.665. The van der Waals surface area contributed by atoms with Crippen LogP contribution in [0.1, 0.15) is 24.8 Å². The largest absolute Gasteiger partial charge is 0.370 e. The van der Waals surface area contributed by atoms with Crippen molar-refractivity contribution in [3.8, 4) is 0 Å². The fourth-order valence-electron chi connectivity index (χ4n) is 1.65. The van der Waals surface area contributed by atoms with Gasteiger partial charge in [0.15, 0.2) is 5.96 Å². The lowest BCUT2D eigenvalue weighted by Gasteiger charge is -2.26. The smallest absolute Gasteiger partial charge is 0.189 e. The molecule has 3 N–H and O–H groups in total. The first-order chi connectivity index (χ1) is 8.16. The zero-order valence-electron chi connectivity index (χ0n) is 9.42. The fraction of sp³-hybridized carbons (Fsp3) is 0.417. The van der Waals surface area contributed by atoms with Crippen molar-refractivity contribution in [3.05, 3.63) is 33.3 Å². The minimum Gasteiger partial charge on any atom is -0.370 e. The van der Waals surface area contributed by atoms with Crippen molar-refractivity contribution in [1.82, 2.24) is 5.32 Å². The maximum atomic E-state index is 6.14. The molecule has 1 saturated carbocycles. The molecule has 17 heavy (non-hydrogen) atoms. The number of hydrogen-bond acceptors (Lipinski definition) is 1. The van der Waals surface area contributed by atoms with Gasteiger partial charge in [-0.2, -0.15) is 0 Å². The van der Waals surface area contributed by atoms with Crippen LogP contribution >= 0.6 is 27.5 Å². The number of rotatable bonds is 3. The Morgan fingerprint density at radius 3 is 2.94 bits per heavy atom. The molecule has 1 aromatic carbocycles. The van der Waals surface area contributed by atoms with E-state index in [1.165, 1.54) is 19.3 Å². The number of nitrogens with one attached hydrogen (secondary N) is 1. The van der Waals surface area contributed by atoms with Crippen LogP contribution in [0.25, 0.3) is 0 Å². The summed E-state index contributed by atoms with van der Waals surface area (Å²) < 4.78 is 0.886. The predicted octanol–water partition coefficient (Wildman–Crippen LogP) is 3.06. The number of hydrogen-bond donors (Lipinski definition) is 2. The molecule has 1 fully saturated rings. The Labute approximate surface area is 115 Å². The molecule has 0 aromatic heterocycles. The van der Waals surface area contributed by atoms with E-state index in [0.29, 0.717) is 23.6 Å². The monoisotopic (exact) mass is 315 g/mol. The van der Waals surface area contributed by atoms with Gasteiger partial charge in [0.1, 0.15) is 0 Å². The van der Waals surface area contributed by atoms with E-state index in [9.17, 15) is 0 Å². The van der Waals surface area contributed by atoms with Crippen molar-refractivity contribution < 1.29 is 0 Å². The predicted molar refractivity (Wildman–Crippen MR) is 75.3 cm³/mol. The summed E-state index contributed by atoms with van der Waals surface area (Å²) in [6.45, 7) is 0.504. The first-order valence-corrected chi connectivity index (χ1v) is 6.83. The van der Waals surface area contributed by atoms with Crippen molar-refractivity contribution in [2.45, 2.75) is 31.8 Å². The second-order valence-corrected chi connectivity index (χ2v) is 5.42. The molecular formula is C12H15BrClN3. The first kappa shape index (κ1) is 12.7. The molecule has 0 spiro atoms. The van der Waals surface area contributed by atoms with E-state index in [2.05, 4.69) is 26.2 Å². The average Bonchev–Trinajstić information content (AvgIpc) is 2.26. The molecular weight excluding hydrogens is 302 g/mol. The van der Waals surface area contributed by atoms with Crippen LogP contribution in [0.3, 0.4) is 0 Å². The fourth-order valence-corrected chi connectivity index (χ4v) is 2.24. The molecule has 2 rings (SSSR count). The number of aliphatic imine (C=N–C) groups is 1. The van der Waals surface area contributed by atoms with Crippen LogP contribution in [0.4, 0.5) is 0 Å². The van der Waals surface area contributed by atoms with E-state index in [1.807, 2.05) is 18.2 Å². The van der Waals surface area contributed by atoms with Gasteiger partial charge in [0, 0.05) is 10.5 Å². The Kier molecular flexibility index (Phi) is 4.29. The van der Waals surface area contributed by atoms with Crippen LogP contribution in [0.15, 0.2) is 27.7 Å². The standard InChI is InChI=1S/C12H15BrClN3/c13-10-6-1-3-8(11(10)14)7-16-12(15)17-9-4-2-5-9/h1,3,6,9H,2,4-5,7H2,(H3,15,16,17). The van der Waals surface area contributed by atoms with Crippen molar-refractivity contribution >= 4 is 33.5 Å². The van der Waals surface area contributed by atoms with Crippen LogP contribution in [0.5, 0.6) is 0 Å². The topological polar surface area (TPSA) is 50.4 Å². The lowest BCUT2D eigenvalue weighted by atomic mass is 9.93. The molecule has 3 nitrogen and oxygen atoms in total. The van der Waals surface area contributed by atoms with E-state index in [4.69, 9.17) is 17.3 Å². The van der Waals surface area contributed by atoms with Gasteiger partial charge in [-0.1, -0.05) is 23.7 Å². The van der Waals surface area contributed by atoms with Crippen LogP contribution < -0.4 is 11.1 Å². The second-order valence-electron chi connectivity index (χ2n) is 4.19. The molecule has 1 aliphatic carbocycles. The van der Waals surface area contributed by atoms with Crippen LogP contribution in [-0.4, -0.2) is 12.0 Å². The van der Waals surface area contributed by atoms with Crippen LogP contribution in [0, 0.1) is 0 Å². The van der Waals surface area contributed by atoms with Crippen molar-refractivity contribution in [3.63, 3.8) is 0 Å². The summed E-state index contributed by atoms with van der Waals surface area (Å²) in [5.41, 5.74) is 6.78. The second kappa shape index (κ2) is 5.74. The molecule has 5 heteroatoms. The molecule has 0 amide bonds. The summed E-state index contributed by atoms with van der Waals surface area (Å²) in [5, 5.41) is 3.90. The van der Waals surface area contributed by atoms with Crippen molar-refractivity contribution in [2.24, 2.45) is 10.7 Å². The summed E-state index contributed by atoms with van der Waals surface area (Å²) in [5.74, 6) is 0.505. The van der Waals surface area contributed by atoms with E-state index >= 15 is 0 Å². The van der Waals surface area contributed by atoms with E-state index in [0.717, 1.165) is 10.0 Å². The zero-order valence-corrected chi connectivity index (χ0v) is 11.8. The molecule has 0 atom stereocenters. The third-order valence-electron chi connectivity index (χ3n) is 2.91. The Hall–Kier alpha value is -0.740. The van der Waals surface area contributed by atoms with Gasteiger partial charge in [-0.05, 0) is 46.8 Å². The van der Waals surface area contributed by atoms with Gasteiger partial charge in [0.25, 0.3) is 0 Å². The highest BCUT2D eigenvalue weighted by atomic mass is 79.9. The van der Waals surface area contributed by atoms with Gasteiger partial charge in [-0.25, -0.2) is 4.99 Å². The van der Waals surface area contributed by atoms with Gasteiger partial charge in [0.05, 0.1) is 11.6 Å². The van der Waals surface area contributed by atoms with E-state index in [-0.39, 0.29) is 0 Å². The number of guanidine groups is 1. The highest BCUT2D eigenvalue weighted by Crippen LogP contribution is 2.26. The number of nitrogens with zero attached hydrogens (tertiary/aromatic N) is 1. The highest BCUT2D eigenvalue weighted by Gasteiger charge is 2.17. The summed E-state index contributed by atoms with van der Waals surface area (Å²) in [4.78, 5) is 4.30. The molecule has 0 aliphatic heterocycles. The maximum Gasteiger partial charge on any atom is 0.189 e. The van der Waals surface area contributed by atoms with Crippen molar-refractivity contribution in [1.29, 1.82) is 0 Å². The summed E-state index contributed by atoms with van der Waals surface area (Å²) in [7, 11) is 0. The van der Waals surface area contributed by atoms with Gasteiger partial charge >= 0.3 is 0 Å². The van der Waals surface area contributed by atoms with E-state index in [1.54, 1.807) is 0 Å². The Balaban J connectivity index is 1.95. The number of halogens is 2. The summed E-state index contributed by atoms with van der Waals surface area (Å²) in [6, 6.07) is 6.31. The summed E-state index contributed by atoms with van der Waals surface area (Å²) in [6.07, 6.45) is 3.66. The Morgan fingerprint density at radius 1 is 1.53 bits per heavy atom. The summed E-state index contributed by atoms with van der Waals surface area (Å²) >= 11 is 9.53. The molecule has 0 heterocycles.